The number of aliphatic hydroxyl groups excluding tert-OH is 1. The Bertz CT molecular complexity index is 918. The van der Waals surface area contributed by atoms with Crippen LogP contribution in [0.15, 0.2) is 48.2 Å². The van der Waals surface area contributed by atoms with Gasteiger partial charge in [-0.15, -0.1) is 0 Å². The second kappa shape index (κ2) is 5.55. The molecule has 2 heterocycles. The van der Waals surface area contributed by atoms with Gasteiger partial charge in [-0.3, -0.25) is 4.79 Å². The summed E-state index contributed by atoms with van der Waals surface area (Å²) < 4.78 is 5.89. The minimum absolute atomic E-state index is 0.00987. The van der Waals surface area contributed by atoms with E-state index < -0.39 is 0 Å². The molecule has 1 aliphatic carbocycles. The lowest BCUT2D eigenvalue weighted by molar-refractivity contribution is -0.118. The number of fused-ring (bicyclic) bond motifs is 5. The number of carbonyl (C=O) groups excluding carboxylic acids is 1. The van der Waals surface area contributed by atoms with Crippen molar-refractivity contribution in [3.05, 3.63) is 64.9 Å². The lowest BCUT2D eigenvalue weighted by Gasteiger charge is -2.19. The Balaban J connectivity index is 1.62. The Labute approximate surface area is 153 Å². The fourth-order valence-corrected chi connectivity index (χ4v) is 5.22. The number of benzene rings is 2. The van der Waals surface area contributed by atoms with Gasteiger partial charge in [-0.05, 0) is 54.5 Å². The molecule has 4 atom stereocenters. The summed E-state index contributed by atoms with van der Waals surface area (Å²) in [7, 11) is 0. The average molecular weight is 346 g/mol. The number of carbonyl (C=O) groups is 1. The first kappa shape index (κ1) is 15.8. The van der Waals surface area contributed by atoms with Gasteiger partial charge in [-0.25, -0.2) is 0 Å². The Kier molecular flexibility index (Phi) is 3.38. The van der Waals surface area contributed by atoms with E-state index in [-0.39, 0.29) is 35.6 Å². The van der Waals surface area contributed by atoms with Crippen LogP contribution in [0.2, 0.25) is 0 Å². The molecule has 1 N–H and O–H groups in total. The van der Waals surface area contributed by atoms with Crippen molar-refractivity contribution < 1.29 is 14.6 Å². The SMILES string of the molecule is Cc1cc(-c2ccccc2)cc(C)c1C1=C(O)[C@H]2[C@@H](C1=O)[C@@H]1CC[C@H]2O1. The third kappa shape index (κ3) is 2.07. The first-order valence-electron chi connectivity index (χ1n) is 9.36. The molecule has 0 unspecified atom stereocenters. The lowest BCUT2D eigenvalue weighted by Crippen LogP contribution is -2.29. The molecule has 0 spiro atoms. The van der Waals surface area contributed by atoms with Crippen LogP contribution in [0.3, 0.4) is 0 Å². The number of aryl methyl sites for hydroxylation is 2. The first-order valence-corrected chi connectivity index (χ1v) is 9.36. The average Bonchev–Trinajstić information content (AvgIpc) is 3.31. The molecular weight excluding hydrogens is 324 g/mol. The summed E-state index contributed by atoms with van der Waals surface area (Å²) in [6.45, 7) is 4.06. The van der Waals surface area contributed by atoms with Crippen LogP contribution in [0.25, 0.3) is 16.7 Å². The number of ether oxygens (including phenoxy) is 1. The van der Waals surface area contributed by atoms with E-state index in [2.05, 4.69) is 24.3 Å². The zero-order chi connectivity index (χ0) is 18.0. The Morgan fingerprint density at radius 2 is 1.54 bits per heavy atom. The van der Waals surface area contributed by atoms with Crippen LogP contribution in [0.4, 0.5) is 0 Å². The van der Waals surface area contributed by atoms with Gasteiger partial charge < -0.3 is 9.84 Å². The molecule has 0 radical (unpaired) electrons. The lowest BCUT2D eigenvalue weighted by atomic mass is 9.80. The van der Waals surface area contributed by atoms with E-state index in [1.165, 1.54) is 0 Å². The van der Waals surface area contributed by atoms with E-state index >= 15 is 0 Å². The molecule has 0 saturated carbocycles. The van der Waals surface area contributed by atoms with E-state index in [0.717, 1.165) is 40.7 Å². The molecule has 5 rings (SSSR count). The van der Waals surface area contributed by atoms with Gasteiger partial charge in [0.2, 0.25) is 0 Å². The molecule has 2 aromatic carbocycles. The highest BCUT2D eigenvalue weighted by Crippen LogP contribution is 2.54. The molecule has 2 aliphatic heterocycles. The number of allylic oxidation sites excluding steroid dienone is 1. The third-order valence-corrected chi connectivity index (χ3v) is 6.28. The van der Waals surface area contributed by atoms with Crippen molar-refractivity contribution in [1.82, 2.24) is 0 Å². The highest BCUT2D eigenvalue weighted by Gasteiger charge is 2.59. The second-order valence-corrected chi connectivity index (χ2v) is 7.82. The maximum atomic E-state index is 13.1. The van der Waals surface area contributed by atoms with Crippen LogP contribution < -0.4 is 0 Å². The molecule has 132 valence electrons. The van der Waals surface area contributed by atoms with E-state index in [1.807, 2.05) is 32.0 Å². The standard InChI is InChI=1S/C23H22O3/c1-12-10-15(14-6-4-3-5-7-14)11-13(2)18(12)21-22(24)19-16-8-9-17(26-16)20(19)23(21)25/h3-7,10-11,16-17,19-20,24H,8-9H2,1-2H3/t16-,17+,19-,20+/m1/s1. The fourth-order valence-electron chi connectivity index (χ4n) is 5.22. The van der Waals surface area contributed by atoms with Crippen LogP contribution in [0, 0.1) is 25.7 Å². The van der Waals surface area contributed by atoms with Gasteiger partial charge in [0.1, 0.15) is 5.76 Å². The van der Waals surface area contributed by atoms with Gasteiger partial charge in [0.15, 0.2) is 5.78 Å². The molecule has 3 nitrogen and oxygen atoms in total. The molecule has 2 bridgehead atoms. The molecule has 26 heavy (non-hydrogen) atoms. The molecular formula is C23H22O3. The second-order valence-electron chi connectivity index (χ2n) is 7.82. The fraction of sp³-hybridized carbons (Fsp3) is 0.348. The molecule has 2 aromatic rings. The topological polar surface area (TPSA) is 46.5 Å². The smallest absolute Gasteiger partial charge is 0.173 e. The molecule has 3 aliphatic rings. The molecule has 3 heteroatoms. The number of rotatable bonds is 2. The molecule has 2 fully saturated rings. The summed E-state index contributed by atoms with van der Waals surface area (Å²) in [5.74, 6) is 0.00409. The predicted octanol–water partition coefficient (Wildman–Crippen LogP) is 4.62. The van der Waals surface area contributed by atoms with Gasteiger partial charge in [-0.2, -0.15) is 0 Å². The number of aliphatic hydroxyl groups is 1. The zero-order valence-electron chi connectivity index (χ0n) is 15.0. The zero-order valence-corrected chi connectivity index (χ0v) is 15.0. The van der Waals surface area contributed by atoms with Crippen LogP contribution in [0.5, 0.6) is 0 Å². The number of ketones is 1. The summed E-state index contributed by atoms with van der Waals surface area (Å²) in [6.07, 6.45) is 1.88. The summed E-state index contributed by atoms with van der Waals surface area (Å²) in [5.41, 5.74) is 5.80. The van der Waals surface area contributed by atoms with Crippen molar-refractivity contribution in [2.45, 2.75) is 38.9 Å². The van der Waals surface area contributed by atoms with Crippen molar-refractivity contribution in [3.8, 4) is 11.1 Å². The maximum Gasteiger partial charge on any atom is 0.173 e. The monoisotopic (exact) mass is 346 g/mol. The van der Waals surface area contributed by atoms with Crippen LogP contribution in [-0.2, 0) is 9.53 Å². The minimum atomic E-state index is -0.184. The van der Waals surface area contributed by atoms with Crippen molar-refractivity contribution in [1.29, 1.82) is 0 Å². The van der Waals surface area contributed by atoms with Crippen molar-refractivity contribution in [3.63, 3.8) is 0 Å². The maximum absolute atomic E-state index is 13.1. The largest absolute Gasteiger partial charge is 0.511 e. The Morgan fingerprint density at radius 3 is 2.15 bits per heavy atom. The third-order valence-electron chi connectivity index (χ3n) is 6.28. The number of hydrogen-bond donors (Lipinski definition) is 1. The van der Waals surface area contributed by atoms with Crippen LogP contribution in [-0.4, -0.2) is 23.1 Å². The summed E-state index contributed by atoms with van der Waals surface area (Å²) in [6, 6.07) is 14.5. The molecule has 0 aromatic heterocycles. The number of Topliss-reactive ketones (excluding diaryl/α,β-unsaturated/α-hetero) is 1. The van der Waals surface area contributed by atoms with Gasteiger partial charge in [0, 0.05) is 0 Å². The van der Waals surface area contributed by atoms with Crippen molar-refractivity contribution in [2.24, 2.45) is 11.8 Å². The summed E-state index contributed by atoms with van der Waals surface area (Å²) >= 11 is 0. The van der Waals surface area contributed by atoms with Gasteiger partial charge in [0.05, 0.1) is 29.6 Å². The number of hydrogen-bond acceptors (Lipinski definition) is 3. The highest BCUT2D eigenvalue weighted by atomic mass is 16.5. The van der Waals surface area contributed by atoms with Gasteiger partial charge in [-0.1, -0.05) is 42.5 Å². The van der Waals surface area contributed by atoms with Gasteiger partial charge in [0.25, 0.3) is 0 Å². The van der Waals surface area contributed by atoms with Gasteiger partial charge >= 0.3 is 0 Å². The van der Waals surface area contributed by atoms with E-state index in [0.29, 0.717) is 5.57 Å². The van der Waals surface area contributed by atoms with Crippen molar-refractivity contribution in [2.75, 3.05) is 0 Å². The van der Waals surface area contributed by atoms with Crippen molar-refractivity contribution >= 4 is 11.4 Å². The van der Waals surface area contributed by atoms with Crippen LogP contribution >= 0.6 is 0 Å². The summed E-state index contributed by atoms with van der Waals surface area (Å²) in [4.78, 5) is 13.1. The van der Waals surface area contributed by atoms with E-state index in [1.54, 1.807) is 0 Å². The quantitative estimate of drug-likeness (QED) is 0.863. The summed E-state index contributed by atoms with van der Waals surface area (Å²) in [5, 5.41) is 10.9. The molecule has 0 amide bonds. The highest BCUT2D eigenvalue weighted by molar-refractivity contribution is 6.26. The Morgan fingerprint density at radius 1 is 0.923 bits per heavy atom. The predicted molar refractivity (Wildman–Crippen MR) is 101 cm³/mol. The first-order chi connectivity index (χ1) is 12.6. The molecule has 2 saturated heterocycles. The minimum Gasteiger partial charge on any atom is -0.511 e. The normalized spacial score (nSPS) is 29.5. The van der Waals surface area contributed by atoms with E-state index in [9.17, 15) is 9.90 Å². The van der Waals surface area contributed by atoms with E-state index in [4.69, 9.17) is 4.74 Å². The van der Waals surface area contributed by atoms with Crippen LogP contribution in [0.1, 0.15) is 29.5 Å². The Hall–Kier alpha value is -2.39.